The predicted molar refractivity (Wildman–Crippen MR) is 166 cm³/mol. The first-order valence-corrected chi connectivity index (χ1v) is 19.2. The van der Waals surface area contributed by atoms with Crippen LogP contribution in [0.15, 0.2) is 0 Å². The van der Waals surface area contributed by atoms with E-state index in [1.165, 1.54) is 64.2 Å². The van der Waals surface area contributed by atoms with Crippen molar-refractivity contribution in [1.29, 1.82) is 0 Å². The molecule has 0 fully saturated rings. The van der Waals surface area contributed by atoms with E-state index in [-0.39, 0.29) is 13.2 Å². The molecule has 42 heavy (non-hydrogen) atoms. The molecule has 0 radical (unpaired) electrons. The maximum Gasteiger partial charge on any atom is 0.326 e. The molecule has 0 saturated heterocycles. The van der Waals surface area contributed by atoms with Crippen molar-refractivity contribution < 1.29 is 45.0 Å². The van der Waals surface area contributed by atoms with Gasteiger partial charge in [-0.05, 0) is 12.8 Å². The third-order valence-corrected chi connectivity index (χ3v) is 10.7. The summed E-state index contributed by atoms with van der Waals surface area (Å²) in [5.74, 6) is -4.24. The molecule has 0 heterocycles. The number of carboxylic acids is 2. The quantitative estimate of drug-likeness (QED) is 0.0584. The highest BCUT2D eigenvalue weighted by molar-refractivity contribution is 7.92. The lowest BCUT2D eigenvalue weighted by atomic mass is 10.1. The minimum atomic E-state index is -5.06. The Hall–Kier alpha value is -1.24. The van der Waals surface area contributed by atoms with E-state index in [0.29, 0.717) is 25.7 Å². The number of hydrogen-bond acceptors (Lipinski definition) is 8. The van der Waals surface area contributed by atoms with Crippen molar-refractivity contribution in [3.63, 3.8) is 0 Å². The molecule has 0 aliphatic carbocycles. The highest BCUT2D eigenvalue weighted by atomic mass is 32.2. The fourth-order valence-electron chi connectivity index (χ4n) is 4.84. The fourth-order valence-corrected chi connectivity index (χ4v) is 7.98. The van der Waals surface area contributed by atoms with Gasteiger partial charge < -0.3 is 10.2 Å². The molecule has 250 valence electrons. The Bertz CT molecular complexity index is 829. The van der Waals surface area contributed by atoms with Crippen molar-refractivity contribution in [2.75, 3.05) is 13.2 Å². The van der Waals surface area contributed by atoms with E-state index >= 15 is 0 Å². The first kappa shape index (κ1) is 40.8. The second kappa shape index (κ2) is 25.1. The van der Waals surface area contributed by atoms with Crippen LogP contribution in [0.25, 0.3) is 0 Å². The Balaban J connectivity index is 4.55. The average molecular weight is 643 g/mol. The molecule has 10 nitrogen and oxygen atoms in total. The summed E-state index contributed by atoms with van der Waals surface area (Å²) in [4.78, 5) is 23.6. The topological polar surface area (TPSA) is 161 Å². The summed E-state index contributed by atoms with van der Waals surface area (Å²) in [6.45, 7) is 3.65. The number of unbranched alkanes of at least 4 members (excludes halogenated alkanes) is 20. The summed E-state index contributed by atoms with van der Waals surface area (Å²) in [6.07, 6.45) is 22.5. The lowest BCUT2D eigenvalue weighted by molar-refractivity contribution is -0.143. The molecule has 2 N–H and O–H groups in total. The van der Waals surface area contributed by atoms with Crippen LogP contribution >= 0.6 is 0 Å². The Kier molecular flexibility index (Phi) is 24.4. The summed E-state index contributed by atoms with van der Waals surface area (Å²) in [6, 6.07) is 0. The highest BCUT2D eigenvalue weighted by Crippen LogP contribution is 2.21. The maximum absolute atomic E-state index is 12.6. The SMILES string of the molecule is CCCCCCCCCCCCCOS(=O)(=O)C(C(=O)O)C(C(=O)O)S(=O)(=O)OCCCCCCCCCCCCC. The maximum atomic E-state index is 12.6. The van der Waals surface area contributed by atoms with Crippen molar-refractivity contribution in [2.24, 2.45) is 0 Å². The fraction of sp³-hybridized carbons (Fsp3) is 0.933. The van der Waals surface area contributed by atoms with Gasteiger partial charge in [0.15, 0.2) is 0 Å². The molecular weight excluding hydrogens is 584 g/mol. The first-order chi connectivity index (χ1) is 20.0. The van der Waals surface area contributed by atoms with Gasteiger partial charge in [-0.1, -0.05) is 142 Å². The lowest BCUT2D eigenvalue weighted by Gasteiger charge is -2.20. The van der Waals surface area contributed by atoms with Gasteiger partial charge in [-0.2, -0.15) is 16.8 Å². The van der Waals surface area contributed by atoms with Gasteiger partial charge in [-0.3, -0.25) is 18.0 Å². The second-order valence-corrected chi connectivity index (χ2v) is 14.7. The number of rotatable bonds is 31. The van der Waals surface area contributed by atoms with E-state index in [1.54, 1.807) is 0 Å². The zero-order chi connectivity index (χ0) is 31.7. The normalized spacial score (nSPS) is 13.7. The van der Waals surface area contributed by atoms with Crippen LogP contribution in [-0.4, -0.2) is 62.7 Å². The van der Waals surface area contributed by atoms with Crippen molar-refractivity contribution in [2.45, 2.75) is 166 Å². The number of carbonyl (C=O) groups is 2. The zero-order valence-corrected chi connectivity index (χ0v) is 27.7. The van der Waals surface area contributed by atoms with Gasteiger partial charge in [0, 0.05) is 0 Å². The minimum absolute atomic E-state index is 0.321. The molecular formula is C30H58O10S2. The van der Waals surface area contributed by atoms with E-state index in [4.69, 9.17) is 8.37 Å². The molecule has 2 unspecified atom stereocenters. The van der Waals surface area contributed by atoms with Crippen LogP contribution in [0.2, 0.25) is 0 Å². The Labute approximate surface area is 255 Å². The smallest absolute Gasteiger partial charge is 0.326 e. The average Bonchev–Trinajstić information content (AvgIpc) is 2.92. The number of carboxylic acid groups (broad SMARTS) is 2. The van der Waals surface area contributed by atoms with E-state index < -0.39 is 42.7 Å². The Morgan fingerprint density at radius 1 is 0.452 bits per heavy atom. The van der Waals surface area contributed by atoms with Crippen LogP contribution in [0.4, 0.5) is 0 Å². The molecule has 12 heteroatoms. The van der Waals surface area contributed by atoms with E-state index in [0.717, 1.165) is 51.4 Å². The largest absolute Gasteiger partial charge is 0.480 e. The molecule has 0 bridgehead atoms. The van der Waals surface area contributed by atoms with Crippen molar-refractivity contribution in [3.8, 4) is 0 Å². The highest BCUT2D eigenvalue weighted by Gasteiger charge is 2.52. The molecule has 2 atom stereocenters. The summed E-state index contributed by atoms with van der Waals surface area (Å²) in [5, 5.41) is 13.3. The summed E-state index contributed by atoms with van der Waals surface area (Å²) in [7, 11) is -10.1. The summed E-state index contributed by atoms with van der Waals surface area (Å²) < 4.78 is 60.1. The standard InChI is InChI=1S/C30H58O10S2/c1-3-5-7-9-11-13-15-17-19-21-23-25-39-41(35,36)27(29(31)32)28(30(33)34)42(37,38)40-26-24-22-20-18-16-14-12-10-8-6-4-2/h27-28H,3-26H2,1-2H3,(H,31,32)(H,33,34). The van der Waals surface area contributed by atoms with Crippen LogP contribution in [0.5, 0.6) is 0 Å². The van der Waals surface area contributed by atoms with E-state index in [1.807, 2.05) is 0 Å². The van der Waals surface area contributed by atoms with Crippen molar-refractivity contribution in [1.82, 2.24) is 0 Å². The van der Waals surface area contributed by atoms with Gasteiger partial charge >= 0.3 is 11.9 Å². The van der Waals surface area contributed by atoms with Gasteiger partial charge in [0.05, 0.1) is 13.2 Å². The van der Waals surface area contributed by atoms with Gasteiger partial charge in [0.1, 0.15) is 0 Å². The van der Waals surface area contributed by atoms with Crippen molar-refractivity contribution in [3.05, 3.63) is 0 Å². The predicted octanol–water partition coefficient (Wildman–Crippen LogP) is 7.21. The Morgan fingerprint density at radius 2 is 0.667 bits per heavy atom. The summed E-state index contributed by atoms with van der Waals surface area (Å²) in [5.41, 5.74) is 0. The van der Waals surface area contributed by atoms with Crippen LogP contribution in [0, 0.1) is 0 Å². The van der Waals surface area contributed by atoms with Gasteiger partial charge in [0.2, 0.25) is 10.5 Å². The molecule has 0 aliphatic heterocycles. The second-order valence-electron chi connectivity index (χ2n) is 11.2. The molecule has 0 saturated carbocycles. The monoisotopic (exact) mass is 642 g/mol. The Morgan fingerprint density at radius 3 is 0.881 bits per heavy atom. The number of aliphatic carboxylic acids is 2. The first-order valence-electron chi connectivity index (χ1n) is 16.2. The van der Waals surface area contributed by atoms with Crippen LogP contribution in [-0.2, 0) is 38.2 Å². The lowest BCUT2D eigenvalue weighted by Crippen LogP contribution is -2.50. The third-order valence-electron chi connectivity index (χ3n) is 7.37. The molecule has 0 aromatic carbocycles. The zero-order valence-electron chi connectivity index (χ0n) is 26.1. The van der Waals surface area contributed by atoms with Gasteiger partial charge in [-0.15, -0.1) is 0 Å². The van der Waals surface area contributed by atoms with Crippen LogP contribution in [0.1, 0.15) is 155 Å². The van der Waals surface area contributed by atoms with Gasteiger partial charge in [-0.25, -0.2) is 0 Å². The number of hydrogen-bond donors (Lipinski definition) is 2. The molecule has 0 aromatic rings. The molecule has 0 rings (SSSR count). The van der Waals surface area contributed by atoms with Crippen LogP contribution < -0.4 is 0 Å². The molecule has 0 amide bonds. The van der Waals surface area contributed by atoms with E-state index in [2.05, 4.69) is 13.8 Å². The molecule has 0 aliphatic rings. The van der Waals surface area contributed by atoms with Gasteiger partial charge in [0.25, 0.3) is 20.2 Å². The summed E-state index contributed by atoms with van der Waals surface area (Å²) >= 11 is 0. The van der Waals surface area contributed by atoms with E-state index in [9.17, 15) is 36.6 Å². The van der Waals surface area contributed by atoms with Crippen molar-refractivity contribution >= 4 is 32.2 Å². The molecule has 0 aromatic heterocycles. The molecule has 0 spiro atoms. The minimum Gasteiger partial charge on any atom is -0.480 e. The van der Waals surface area contributed by atoms with Crippen LogP contribution in [0.3, 0.4) is 0 Å². The third kappa shape index (κ3) is 19.9.